The minimum atomic E-state index is 0.540. The van der Waals surface area contributed by atoms with Gasteiger partial charge in [0.15, 0.2) is 17.4 Å². The predicted octanol–water partition coefficient (Wildman–Crippen LogP) is 1.75. The molecule has 8 nitrogen and oxygen atoms in total. The normalized spacial score (nSPS) is 12.0. The summed E-state index contributed by atoms with van der Waals surface area (Å²) in [4.78, 5) is 8.88. The average molecular weight is 362 g/mol. The zero-order valence-corrected chi connectivity index (χ0v) is 15.4. The number of guanidine groups is 1. The Bertz CT molecular complexity index is 1090. The van der Waals surface area contributed by atoms with Crippen LogP contribution in [0.25, 0.3) is 16.7 Å². The smallest absolute Gasteiger partial charge is 0.191 e. The third-order valence-electron chi connectivity index (χ3n) is 4.50. The van der Waals surface area contributed by atoms with E-state index in [9.17, 15) is 0 Å². The molecule has 0 bridgehead atoms. The number of aliphatic imine (C=N–C) groups is 1. The molecule has 0 aliphatic heterocycles. The van der Waals surface area contributed by atoms with E-state index in [4.69, 9.17) is 0 Å². The second-order valence-corrected chi connectivity index (χ2v) is 6.20. The number of imidazole rings is 1. The standard InChI is InChI=1S/C19H22N8/c1-14-23-15-7-3-4-8-16(15)26(14)12-10-21-19(20-2)22-13-18-25-24-17-9-5-6-11-27(17)18/h3-9,11H,10,12-13H2,1-2H3,(H2,20,21,22). The highest BCUT2D eigenvalue weighted by molar-refractivity contribution is 5.79. The summed E-state index contributed by atoms with van der Waals surface area (Å²) < 4.78 is 4.17. The van der Waals surface area contributed by atoms with Crippen molar-refractivity contribution in [1.29, 1.82) is 0 Å². The molecule has 0 unspecified atom stereocenters. The van der Waals surface area contributed by atoms with Crippen molar-refractivity contribution in [2.75, 3.05) is 13.6 Å². The first-order chi connectivity index (χ1) is 13.3. The first-order valence-electron chi connectivity index (χ1n) is 8.91. The molecule has 0 amide bonds. The van der Waals surface area contributed by atoms with E-state index in [0.29, 0.717) is 6.54 Å². The van der Waals surface area contributed by atoms with E-state index in [-0.39, 0.29) is 0 Å². The third kappa shape index (κ3) is 3.46. The van der Waals surface area contributed by atoms with E-state index < -0.39 is 0 Å². The quantitative estimate of drug-likeness (QED) is 0.417. The Kier molecular flexibility index (Phi) is 4.69. The number of pyridine rings is 1. The monoisotopic (exact) mass is 362 g/mol. The second-order valence-electron chi connectivity index (χ2n) is 6.20. The number of benzene rings is 1. The number of nitrogens with one attached hydrogen (secondary N) is 2. The van der Waals surface area contributed by atoms with Gasteiger partial charge in [-0.3, -0.25) is 9.39 Å². The maximum absolute atomic E-state index is 4.60. The van der Waals surface area contributed by atoms with Crippen molar-refractivity contribution in [2.24, 2.45) is 4.99 Å². The summed E-state index contributed by atoms with van der Waals surface area (Å²) in [6.07, 6.45) is 1.95. The van der Waals surface area contributed by atoms with Crippen LogP contribution in [0.5, 0.6) is 0 Å². The molecule has 27 heavy (non-hydrogen) atoms. The van der Waals surface area contributed by atoms with Crippen molar-refractivity contribution in [3.05, 3.63) is 60.3 Å². The Balaban J connectivity index is 1.36. The zero-order chi connectivity index (χ0) is 18.6. The first kappa shape index (κ1) is 17.0. The Morgan fingerprint density at radius 3 is 2.81 bits per heavy atom. The molecule has 2 N–H and O–H groups in total. The summed E-state index contributed by atoms with van der Waals surface area (Å²) in [5.41, 5.74) is 3.01. The number of rotatable bonds is 5. The van der Waals surface area contributed by atoms with Gasteiger partial charge in [-0.05, 0) is 31.2 Å². The summed E-state index contributed by atoms with van der Waals surface area (Å²) in [7, 11) is 1.76. The van der Waals surface area contributed by atoms with Crippen molar-refractivity contribution in [3.63, 3.8) is 0 Å². The van der Waals surface area contributed by atoms with Gasteiger partial charge in [0.05, 0.1) is 17.6 Å². The van der Waals surface area contributed by atoms with Gasteiger partial charge in [0.2, 0.25) is 0 Å². The molecular weight excluding hydrogens is 340 g/mol. The molecule has 0 fully saturated rings. The van der Waals surface area contributed by atoms with Gasteiger partial charge in [-0.2, -0.15) is 0 Å². The van der Waals surface area contributed by atoms with Crippen LogP contribution in [0.1, 0.15) is 11.6 Å². The summed E-state index contributed by atoms with van der Waals surface area (Å²) in [6.45, 7) is 4.11. The number of aryl methyl sites for hydroxylation is 1. The highest BCUT2D eigenvalue weighted by atomic mass is 15.3. The number of para-hydroxylation sites is 2. The second kappa shape index (κ2) is 7.45. The fourth-order valence-corrected chi connectivity index (χ4v) is 3.16. The van der Waals surface area contributed by atoms with Gasteiger partial charge in [-0.15, -0.1) is 10.2 Å². The van der Waals surface area contributed by atoms with E-state index >= 15 is 0 Å². The predicted molar refractivity (Wildman–Crippen MR) is 106 cm³/mol. The van der Waals surface area contributed by atoms with Crippen molar-refractivity contribution in [2.45, 2.75) is 20.0 Å². The number of aromatic nitrogens is 5. The fourth-order valence-electron chi connectivity index (χ4n) is 3.16. The highest BCUT2D eigenvalue weighted by Gasteiger charge is 2.08. The minimum absolute atomic E-state index is 0.540. The van der Waals surface area contributed by atoms with Crippen LogP contribution in [0.3, 0.4) is 0 Å². The largest absolute Gasteiger partial charge is 0.355 e. The van der Waals surface area contributed by atoms with Crippen LogP contribution in [0.15, 0.2) is 53.7 Å². The van der Waals surface area contributed by atoms with E-state index in [0.717, 1.165) is 47.4 Å². The van der Waals surface area contributed by atoms with Crippen LogP contribution in [-0.2, 0) is 13.1 Å². The van der Waals surface area contributed by atoms with E-state index in [1.54, 1.807) is 7.05 Å². The van der Waals surface area contributed by atoms with Crippen LogP contribution in [0, 0.1) is 6.92 Å². The number of fused-ring (bicyclic) bond motifs is 2. The summed E-state index contributed by atoms with van der Waals surface area (Å²) in [5.74, 6) is 2.57. The van der Waals surface area contributed by atoms with Gasteiger partial charge in [-0.1, -0.05) is 18.2 Å². The van der Waals surface area contributed by atoms with Gasteiger partial charge in [0, 0.05) is 26.3 Å². The van der Waals surface area contributed by atoms with Gasteiger partial charge in [0.1, 0.15) is 5.82 Å². The maximum Gasteiger partial charge on any atom is 0.191 e. The first-order valence-corrected chi connectivity index (χ1v) is 8.91. The van der Waals surface area contributed by atoms with E-state index in [1.807, 2.05) is 53.9 Å². The molecule has 0 aliphatic carbocycles. The molecular formula is C19H22N8. The topological polar surface area (TPSA) is 84.4 Å². The SMILES string of the molecule is CN=C(NCCn1c(C)nc2ccccc21)NCc1nnc2ccccn12. The molecule has 3 heterocycles. The average Bonchev–Trinajstić information content (AvgIpc) is 3.25. The molecule has 138 valence electrons. The molecule has 8 heteroatoms. The van der Waals surface area contributed by atoms with Crippen LogP contribution in [0.4, 0.5) is 0 Å². The fraction of sp³-hybridized carbons (Fsp3) is 0.263. The third-order valence-corrected chi connectivity index (χ3v) is 4.50. The van der Waals surface area contributed by atoms with Gasteiger partial charge < -0.3 is 15.2 Å². The summed E-state index contributed by atoms with van der Waals surface area (Å²) >= 11 is 0. The lowest BCUT2D eigenvalue weighted by atomic mass is 10.3. The molecule has 0 atom stereocenters. The molecule has 0 saturated carbocycles. The van der Waals surface area contributed by atoms with E-state index in [2.05, 4.69) is 41.4 Å². The Morgan fingerprint density at radius 1 is 1.07 bits per heavy atom. The van der Waals surface area contributed by atoms with Crippen molar-refractivity contribution in [1.82, 2.24) is 34.8 Å². The van der Waals surface area contributed by atoms with Crippen molar-refractivity contribution < 1.29 is 0 Å². The highest BCUT2D eigenvalue weighted by Crippen LogP contribution is 2.14. The molecule has 0 aliphatic rings. The lowest BCUT2D eigenvalue weighted by Gasteiger charge is -2.12. The van der Waals surface area contributed by atoms with Crippen LogP contribution in [0.2, 0.25) is 0 Å². The molecule has 0 radical (unpaired) electrons. The molecule has 0 spiro atoms. The lowest BCUT2D eigenvalue weighted by Crippen LogP contribution is -2.38. The lowest BCUT2D eigenvalue weighted by molar-refractivity contribution is 0.657. The van der Waals surface area contributed by atoms with Crippen LogP contribution < -0.4 is 10.6 Å². The van der Waals surface area contributed by atoms with Crippen molar-refractivity contribution in [3.8, 4) is 0 Å². The van der Waals surface area contributed by atoms with Gasteiger partial charge >= 0.3 is 0 Å². The van der Waals surface area contributed by atoms with Crippen molar-refractivity contribution >= 4 is 22.6 Å². The van der Waals surface area contributed by atoms with Gasteiger partial charge in [-0.25, -0.2) is 4.98 Å². The number of nitrogens with zero attached hydrogens (tertiary/aromatic N) is 6. The zero-order valence-electron chi connectivity index (χ0n) is 15.4. The van der Waals surface area contributed by atoms with E-state index in [1.165, 1.54) is 0 Å². The Morgan fingerprint density at radius 2 is 1.93 bits per heavy atom. The molecule has 4 rings (SSSR count). The summed E-state index contributed by atoms with van der Waals surface area (Å²) in [6, 6.07) is 14.0. The number of hydrogen-bond donors (Lipinski definition) is 2. The molecule has 1 aromatic carbocycles. The van der Waals surface area contributed by atoms with Crippen LogP contribution >= 0.6 is 0 Å². The number of hydrogen-bond acceptors (Lipinski definition) is 4. The Hall–Kier alpha value is -3.42. The molecule has 0 saturated heterocycles. The molecule has 4 aromatic rings. The molecule has 3 aromatic heterocycles. The maximum atomic E-state index is 4.60. The summed E-state index contributed by atoms with van der Waals surface area (Å²) in [5, 5.41) is 15.0. The Labute approximate surface area is 157 Å². The minimum Gasteiger partial charge on any atom is -0.355 e. The van der Waals surface area contributed by atoms with Gasteiger partial charge in [0.25, 0.3) is 0 Å². The van der Waals surface area contributed by atoms with Crippen LogP contribution in [-0.4, -0.2) is 43.7 Å².